The van der Waals surface area contributed by atoms with Crippen molar-refractivity contribution in [1.82, 2.24) is 0 Å². The number of aryl methyl sites for hydroxylation is 1. The Bertz CT molecular complexity index is 302. The van der Waals surface area contributed by atoms with Crippen molar-refractivity contribution in [2.75, 3.05) is 26.3 Å². The molecule has 0 radical (unpaired) electrons. The van der Waals surface area contributed by atoms with Gasteiger partial charge in [-0.1, -0.05) is 18.2 Å². The molecule has 0 aromatic heterocycles. The first-order valence-corrected chi connectivity index (χ1v) is 6.45. The number of rotatable bonds is 9. The quantitative estimate of drug-likeness (QED) is 0.633. The summed E-state index contributed by atoms with van der Waals surface area (Å²) in [5, 5.41) is 10.8. The topological polar surface area (TPSA) is 46.1 Å². The maximum atomic E-state index is 8.61. The van der Waals surface area contributed by atoms with Gasteiger partial charge in [0.2, 0.25) is 0 Å². The molecule has 3 nitrogen and oxygen atoms in total. The van der Waals surface area contributed by atoms with Gasteiger partial charge in [-0.25, -0.2) is 0 Å². The molecule has 96 valence electrons. The van der Waals surface area contributed by atoms with E-state index in [-0.39, 0.29) is 6.61 Å². The van der Waals surface area contributed by atoms with Crippen molar-refractivity contribution in [2.24, 2.45) is 0 Å². The standard InChI is InChI=1S/C14H23NO2/c1-13-7-3-4-8-14(13)17-12-6-2-5-9-15-10-11-16/h3-4,7-8,15-16H,2,5-6,9-12H2,1H3/p+1. The number of aliphatic hydroxyl groups excluding tert-OH is 1. The van der Waals surface area contributed by atoms with Crippen molar-refractivity contribution in [1.29, 1.82) is 0 Å². The van der Waals surface area contributed by atoms with Crippen molar-refractivity contribution in [3.63, 3.8) is 0 Å². The third-order valence-corrected chi connectivity index (χ3v) is 2.74. The number of aliphatic hydroxyl groups is 1. The van der Waals surface area contributed by atoms with Gasteiger partial charge in [0.25, 0.3) is 0 Å². The molecule has 1 aromatic carbocycles. The monoisotopic (exact) mass is 238 g/mol. The largest absolute Gasteiger partial charge is 0.493 e. The van der Waals surface area contributed by atoms with Crippen LogP contribution in [0.5, 0.6) is 5.75 Å². The Morgan fingerprint density at radius 2 is 1.94 bits per heavy atom. The van der Waals surface area contributed by atoms with E-state index in [1.54, 1.807) is 0 Å². The van der Waals surface area contributed by atoms with Gasteiger partial charge in [-0.3, -0.25) is 0 Å². The predicted molar refractivity (Wildman–Crippen MR) is 69.3 cm³/mol. The molecular formula is C14H24NO2+. The smallest absolute Gasteiger partial charge is 0.122 e. The molecule has 0 unspecified atom stereocenters. The van der Waals surface area contributed by atoms with E-state index in [0.717, 1.165) is 31.9 Å². The van der Waals surface area contributed by atoms with Crippen LogP contribution in [0.1, 0.15) is 24.8 Å². The van der Waals surface area contributed by atoms with Gasteiger partial charge in [0.1, 0.15) is 5.75 Å². The highest BCUT2D eigenvalue weighted by atomic mass is 16.5. The first-order valence-electron chi connectivity index (χ1n) is 6.45. The zero-order valence-electron chi connectivity index (χ0n) is 10.7. The van der Waals surface area contributed by atoms with Crippen LogP contribution in [0.2, 0.25) is 0 Å². The van der Waals surface area contributed by atoms with Crippen LogP contribution < -0.4 is 10.1 Å². The molecular weight excluding hydrogens is 214 g/mol. The number of quaternary nitrogens is 1. The molecule has 0 heterocycles. The van der Waals surface area contributed by atoms with Crippen LogP contribution in [0.3, 0.4) is 0 Å². The summed E-state index contributed by atoms with van der Waals surface area (Å²) >= 11 is 0. The number of hydrogen-bond donors (Lipinski definition) is 2. The van der Waals surface area contributed by atoms with Gasteiger partial charge in [-0.05, 0) is 37.8 Å². The molecule has 3 heteroatoms. The second kappa shape index (κ2) is 9.02. The molecule has 0 spiro atoms. The molecule has 0 fully saturated rings. The van der Waals surface area contributed by atoms with E-state index in [2.05, 4.69) is 18.3 Å². The van der Waals surface area contributed by atoms with Crippen LogP contribution in [0, 0.1) is 6.92 Å². The highest BCUT2D eigenvalue weighted by Gasteiger charge is 1.97. The van der Waals surface area contributed by atoms with E-state index < -0.39 is 0 Å². The van der Waals surface area contributed by atoms with E-state index in [9.17, 15) is 0 Å². The Hall–Kier alpha value is -1.06. The van der Waals surface area contributed by atoms with Gasteiger partial charge in [0.05, 0.1) is 26.3 Å². The third-order valence-electron chi connectivity index (χ3n) is 2.74. The number of unbranched alkanes of at least 4 members (excludes halogenated alkanes) is 2. The fourth-order valence-corrected chi connectivity index (χ4v) is 1.70. The highest BCUT2D eigenvalue weighted by molar-refractivity contribution is 5.31. The Balaban J connectivity index is 1.99. The minimum Gasteiger partial charge on any atom is -0.493 e. The van der Waals surface area contributed by atoms with Crippen LogP contribution in [-0.2, 0) is 0 Å². The molecule has 0 saturated carbocycles. The Morgan fingerprint density at radius 1 is 1.12 bits per heavy atom. The van der Waals surface area contributed by atoms with Crippen LogP contribution in [0.25, 0.3) is 0 Å². The second-order valence-electron chi connectivity index (χ2n) is 4.26. The molecule has 0 aliphatic rings. The van der Waals surface area contributed by atoms with Gasteiger partial charge in [-0.2, -0.15) is 0 Å². The lowest BCUT2D eigenvalue weighted by Gasteiger charge is -2.08. The molecule has 1 aromatic rings. The number of nitrogens with two attached hydrogens (primary N) is 1. The van der Waals surface area contributed by atoms with Crippen molar-refractivity contribution in [3.05, 3.63) is 29.8 Å². The third kappa shape index (κ3) is 6.29. The second-order valence-corrected chi connectivity index (χ2v) is 4.26. The first kappa shape index (κ1) is 14.0. The molecule has 0 amide bonds. The maximum absolute atomic E-state index is 8.61. The van der Waals surface area contributed by atoms with Crippen LogP contribution in [0.4, 0.5) is 0 Å². The molecule has 0 saturated heterocycles. The molecule has 0 aliphatic heterocycles. The van der Waals surface area contributed by atoms with Gasteiger partial charge in [0.15, 0.2) is 0 Å². The fraction of sp³-hybridized carbons (Fsp3) is 0.571. The summed E-state index contributed by atoms with van der Waals surface area (Å²) in [6, 6.07) is 8.12. The van der Waals surface area contributed by atoms with Crippen LogP contribution in [-0.4, -0.2) is 31.4 Å². The highest BCUT2D eigenvalue weighted by Crippen LogP contribution is 2.16. The number of para-hydroxylation sites is 1. The molecule has 17 heavy (non-hydrogen) atoms. The predicted octanol–water partition coefficient (Wildman–Crippen LogP) is 1.10. The Morgan fingerprint density at radius 3 is 2.71 bits per heavy atom. The molecule has 0 atom stereocenters. The van der Waals surface area contributed by atoms with Gasteiger partial charge in [-0.15, -0.1) is 0 Å². The average Bonchev–Trinajstić information content (AvgIpc) is 2.35. The van der Waals surface area contributed by atoms with Crippen molar-refractivity contribution >= 4 is 0 Å². The minimum atomic E-state index is 0.274. The Kier molecular flexibility index (Phi) is 7.43. The van der Waals surface area contributed by atoms with E-state index in [1.807, 2.05) is 18.2 Å². The molecule has 1 rings (SSSR count). The SMILES string of the molecule is Cc1ccccc1OCCCCC[NH2+]CCO. The number of ether oxygens (including phenoxy) is 1. The fourth-order valence-electron chi connectivity index (χ4n) is 1.70. The zero-order chi connectivity index (χ0) is 12.3. The first-order chi connectivity index (χ1) is 8.34. The number of hydrogen-bond acceptors (Lipinski definition) is 2. The molecule has 0 bridgehead atoms. The molecule has 0 aliphatic carbocycles. The summed E-state index contributed by atoms with van der Waals surface area (Å²) in [5.41, 5.74) is 1.20. The van der Waals surface area contributed by atoms with Crippen LogP contribution in [0.15, 0.2) is 24.3 Å². The summed E-state index contributed by atoms with van der Waals surface area (Å²) in [4.78, 5) is 0. The minimum absolute atomic E-state index is 0.274. The summed E-state index contributed by atoms with van der Waals surface area (Å²) in [6.07, 6.45) is 3.48. The lowest BCUT2D eigenvalue weighted by atomic mass is 10.2. The van der Waals surface area contributed by atoms with E-state index in [4.69, 9.17) is 9.84 Å². The summed E-state index contributed by atoms with van der Waals surface area (Å²) in [7, 11) is 0. The van der Waals surface area contributed by atoms with Gasteiger partial charge >= 0.3 is 0 Å². The summed E-state index contributed by atoms with van der Waals surface area (Å²) < 4.78 is 5.71. The van der Waals surface area contributed by atoms with Crippen molar-refractivity contribution in [2.45, 2.75) is 26.2 Å². The average molecular weight is 238 g/mol. The normalized spacial score (nSPS) is 10.5. The van der Waals surface area contributed by atoms with Crippen molar-refractivity contribution < 1.29 is 15.2 Å². The van der Waals surface area contributed by atoms with E-state index >= 15 is 0 Å². The van der Waals surface area contributed by atoms with E-state index in [1.165, 1.54) is 18.4 Å². The van der Waals surface area contributed by atoms with Gasteiger partial charge in [0, 0.05) is 0 Å². The maximum Gasteiger partial charge on any atom is 0.122 e. The van der Waals surface area contributed by atoms with Gasteiger partial charge < -0.3 is 15.2 Å². The summed E-state index contributed by atoms with van der Waals surface area (Å²) in [5.74, 6) is 0.999. The lowest BCUT2D eigenvalue weighted by molar-refractivity contribution is -0.656. The number of benzene rings is 1. The van der Waals surface area contributed by atoms with Crippen molar-refractivity contribution in [3.8, 4) is 5.75 Å². The Labute approximate surface area is 104 Å². The lowest BCUT2D eigenvalue weighted by Crippen LogP contribution is -2.85. The van der Waals surface area contributed by atoms with Crippen LogP contribution >= 0.6 is 0 Å². The molecule has 3 N–H and O–H groups in total. The van der Waals surface area contributed by atoms with E-state index in [0.29, 0.717) is 0 Å². The zero-order valence-corrected chi connectivity index (χ0v) is 10.7. The summed E-state index contributed by atoms with van der Waals surface area (Å²) in [6.45, 7) is 5.06.